The van der Waals surface area contributed by atoms with Gasteiger partial charge in [-0.2, -0.15) is 0 Å². The Kier molecular flexibility index (Phi) is 3.05. The van der Waals surface area contributed by atoms with E-state index in [1.54, 1.807) is 12.1 Å². The lowest BCUT2D eigenvalue weighted by molar-refractivity contribution is 0.174. The molecule has 6 heteroatoms. The molecule has 0 spiro atoms. The van der Waals surface area contributed by atoms with Gasteiger partial charge in [-0.1, -0.05) is 17.7 Å². The number of pyridine rings is 1. The Morgan fingerprint density at radius 3 is 2.89 bits per heavy atom. The fourth-order valence-electron chi connectivity index (χ4n) is 1.85. The average molecular weight is 278 g/mol. The molecule has 0 unspecified atom stereocenters. The first-order valence-corrected chi connectivity index (χ1v) is 6.14. The molecule has 98 valence electrons. The van der Waals surface area contributed by atoms with Crippen LogP contribution in [-0.2, 0) is 6.54 Å². The molecule has 1 aromatic heterocycles. The predicted octanol–water partition coefficient (Wildman–Crippen LogP) is 2.66. The minimum atomic E-state index is 0.276. The topological polar surface area (TPSA) is 69.4 Å². The van der Waals surface area contributed by atoms with Gasteiger partial charge in [0, 0.05) is 18.3 Å². The third kappa shape index (κ3) is 2.66. The summed E-state index contributed by atoms with van der Waals surface area (Å²) in [7, 11) is 0. The number of nitrogens with two attached hydrogens (primary N) is 1. The fourth-order valence-corrected chi connectivity index (χ4v) is 2.07. The molecular formula is C13H12ClN3O2. The molecule has 0 radical (unpaired) electrons. The van der Waals surface area contributed by atoms with E-state index in [4.69, 9.17) is 26.8 Å². The van der Waals surface area contributed by atoms with Crippen LogP contribution in [0, 0.1) is 0 Å². The van der Waals surface area contributed by atoms with E-state index in [0.717, 1.165) is 17.1 Å². The van der Waals surface area contributed by atoms with Crippen LogP contribution in [0.2, 0.25) is 5.15 Å². The molecule has 0 saturated heterocycles. The number of anilines is 2. The van der Waals surface area contributed by atoms with Gasteiger partial charge in [0.2, 0.25) is 6.79 Å². The van der Waals surface area contributed by atoms with Gasteiger partial charge in [0.1, 0.15) is 11.0 Å². The molecule has 1 aliphatic heterocycles. The minimum Gasteiger partial charge on any atom is -0.454 e. The van der Waals surface area contributed by atoms with Gasteiger partial charge in [-0.25, -0.2) is 4.98 Å². The van der Waals surface area contributed by atoms with Crippen LogP contribution in [0.1, 0.15) is 5.56 Å². The third-order valence-corrected chi connectivity index (χ3v) is 2.92. The normalized spacial score (nSPS) is 12.5. The second kappa shape index (κ2) is 4.85. The summed E-state index contributed by atoms with van der Waals surface area (Å²) in [4.78, 5) is 4.14. The Labute approximate surface area is 115 Å². The largest absolute Gasteiger partial charge is 0.454 e. The summed E-state index contributed by atoms with van der Waals surface area (Å²) in [6.45, 7) is 0.877. The van der Waals surface area contributed by atoms with Crippen molar-refractivity contribution in [2.45, 2.75) is 6.54 Å². The highest BCUT2D eigenvalue weighted by atomic mass is 35.5. The van der Waals surface area contributed by atoms with Crippen LogP contribution >= 0.6 is 11.6 Å². The molecular weight excluding hydrogens is 266 g/mol. The summed E-state index contributed by atoms with van der Waals surface area (Å²) in [6.07, 6.45) is 0. The second-order valence-corrected chi connectivity index (χ2v) is 4.54. The zero-order valence-electron chi connectivity index (χ0n) is 10.0. The molecule has 0 aliphatic carbocycles. The summed E-state index contributed by atoms with van der Waals surface area (Å²) >= 11 is 5.84. The first kappa shape index (κ1) is 11.9. The van der Waals surface area contributed by atoms with Gasteiger partial charge in [-0.05, 0) is 23.8 Å². The number of rotatable bonds is 3. The van der Waals surface area contributed by atoms with Gasteiger partial charge in [-0.3, -0.25) is 0 Å². The lowest BCUT2D eigenvalue weighted by Gasteiger charge is -2.07. The van der Waals surface area contributed by atoms with Crippen LogP contribution in [0.4, 0.5) is 11.5 Å². The molecule has 0 bridgehead atoms. The van der Waals surface area contributed by atoms with Crippen molar-refractivity contribution in [2.75, 3.05) is 17.8 Å². The van der Waals surface area contributed by atoms with E-state index >= 15 is 0 Å². The quantitative estimate of drug-likeness (QED) is 0.844. The molecule has 0 amide bonds. The Morgan fingerprint density at radius 2 is 2.05 bits per heavy atom. The molecule has 19 heavy (non-hydrogen) atoms. The van der Waals surface area contributed by atoms with Crippen molar-refractivity contribution >= 4 is 23.1 Å². The Balaban J connectivity index is 1.72. The summed E-state index contributed by atoms with van der Waals surface area (Å²) < 4.78 is 10.6. The molecule has 0 saturated carbocycles. The Bertz CT molecular complexity index is 599. The van der Waals surface area contributed by atoms with Gasteiger partial charge in [0.25, 0.3) is 0 Å². The van der Waals surface area contributed by atoms with Crippen molar-refractivity contribution in [1.82, 2.24) is 4.98 Å². The third-order valence-electron chi connectivity index (χ3n) is 2.73. The van der Waals surface area contributed by atoms with Gasteiger partial charge < -0.3 is 20.5 Å². The molecule has 2 aromatic rings. The number of nitrogen functional groups attached to an aromatic ring is 1. The Hall–Kier alpha value is -2.14. The molecule has 3 N–H and O–H groups in total. The SMILES string of the molecule is Nc1cc(Cl)nc(NCc2ccc3c(c2)OCO3)c1. The molecule has 0 fully saturated rings. The molecule has 2 heterocycles. The van der Waals surface area contributed by atoms with Crippen molar-refractivity contribution in [3.8, 4) is 11.5 Å². The molecule has 3 rings (SSSR count). The van der Waals surface area contributed by atoms with Gasteiger partial charge in [-0.15, -0.1) is 0 Å². The summed E-state index contributed by atoms with van der Waals surface area (Å²) in [5.74, 6) is 2.18. The van der Waals surface area contributed by atoms with Crippen molar-refractivity contribution in [3.05, 3.63) is 41.0 Å². The van der Waals surface area contributed by atoms with E-state index in [2.05, 4.69) is 10.3 Å². The van der Waals surface area contributed by atoms with Crippen LogP contribution in [-0.4, -0.2) is 11.8 Å². The van der Waals surface area contributed by atoms with Crippen molar-refractivity contribution in [3.63, 3.8) is 0 Å². The maximum absolute atomic E-state index is 5.84. The second-order valence-electron chi connectivity index (χ2n) is 4.15. The first-order valence-electron chi connectivity index (χ1n) is 5.76. The van der Waals surface area contributed by atoms with Crippen molar-refractivity contribution in [2.24, 2.45) is 0 Å². The van der Waals surface area contributed by atoms with Crippen LogP contribution in [0.15, 0.2) is 30.3 Å². The maximum atomic E-state index is 5.84. The number of ether oxygens (including phenoxy) is 2. The van der Waals surface area contributed by atoms with E-state index in [9.17, 15) is 0 Å². The number of nitrogens with one attached hydrogen (secondary N) is 1. The van der Waals surface area contributed by atoms with Gasteiger partial charge >= 0.3 is 0 Å². The monoisotopic (exact) mass is 277 g/mol. The molecule has 5 nitrogen and oxygen atoms in total. The lowest BCUT2D eigenvalue weighted by Crippen LogP contribution is -2.02. The van der Waals surface area contributed by atoms with E-state index in [1.165, 1.54) is 0 Å². The summed E-state index contributed by atoms with van der Waals surface area (Å²) in [5.41, 5.74) is 7.34. The fraction of sp³-hybridized carbons (Fsp3) is 0.154. The minimum absolute atomic E-state index is 0.276. The van der Waals surface area contributed by atoms with E-state index in [1.807, 2.05) is 18.2 Å². The number of nitrogens with zero attached hydrogens (tertiary/aromatic N) is 1. The lowest BCUT2D eigenvalue weighted by atomic mass is 10.2. The van der Waals surface area contributed by atoms with E-state index in [0.29, 0.717) is 23.2 Å². The molecule has 0 atom stereocenters. The first-order chi connectivity index (χ1) is 9.20. The summed E-state index contributed by atoms with van der Waals surface area (Å²) in [5, 5.41) is 3.53. The highest BCUT2D eigenvalue weighted by Gasteiger charge is 2.12. The van der Waals surface area contributed by atoms with E-state index < -0.39 is 0 Å². The zero-order chi connectivity index (χ0) is 13.2. The highest BCUT2D eigenvalue weighted by molar-refractivity contribution is 6.29. The van der Waals surface area contributed by atoms with Crippen LogP contribution in [0.25, 0.3) is 0 Å². The highest BCUT2D eigenvalue weighted by Crippen LogP contribution is 2.32. The number of fused-ring (bicyclic) bond motifs is 1. The number of hydrogen-bond acceptors (Lipinski definition) is 5. The van der Waals surface area contributed by atoms with Gasteiger partial charge in [0.05, 0.1) is 0 Å². The predicted molar refractivity (Wildman–Crippen MR) is 73.6 cm³/mol. The number of aromatic nitrogens is 1. The average Bonchev–Trinajstić information content (AvgIpc) is 2.82. The standard InChI is InChI=1S/C13H12ClN3O2/c14-12-4-9(15)5-13(17-12)16-6-8-1-2-10-11(3-8)19-7-18-10/h1-5H,6-7H2,(H3,15,16,17). The molecule has 1 aromatic carbocycles. The van der Waals surface area contributed by atoms with Crippen molar-refractivity contribution in [1.29, 1.82) is 0 Å². The van der Waals surface area contributed by atoms with E-state index in [-0.39, 0.29) is 6.79 Å². The number of benzene rings is 1. The molecule has 1 aliphatic rings. The zero-order valence-corrected chi connectivity index (χ0v) is 10.8. The van der Waals surface area contributed by atoms with Crippen LogP contribution in [0.3, 0.4) is 0 Å². The summed E-state index contributed by atoms with van der Waals surface area (Å²) in [6, 6.07) is 9.13. The number of halogens is 1. The smallest absolute Gasteiger partial charge is 0.231 e. The van der Waals surface area contributed by atoms with Gasteiger partial charge in [0.15, 0.2) is 11.5 Å². The van der Waals surface area contributed by atoms with Crippen LogP contribution in [0.5, 0.6) is 11.5 Å². The maximum Gasteiger partial charge on any atom is 0.231 e. The number of hydrogen-bond donors (Lipinski definition) is 2. The van der Waals surface area contributed by atoms with Crippen LogP contribution < -0.4 is 20.5 Å². The van der Waals surface area contributed by atoms with Crippen molar-refractivity contribution < 1.29 is 9.47 Å². The Morgan fingerprint density at radius 1 is 1.21 bits per heavy atom.